The molecule has 0 amide bonds. The van der Waals surface area contributed by atoms with Gasteiger partial charge in [0.2, 0.25) is 0 Å². The van der Waals surface area contributed by atoms with Crippen molar-refractivity contribution in [1.29, 1.82) is 0 Å². The van der Waals surface area contributed by atoms with Gasteiger partial charge in [-0.3, -0.25) is 9.78 Å². The SMILES string of the molecule is CCC(C)(C)C(=O)/C=C(\O)C(C)(C)CC.Cc1[c-]c(-c2nc(C)nc3c2ccc2cc(CC(C)C)cc(C)c23)cc(C)c1.[Ir]. The fourth-order valence-corrected chi connectivity index (χ4v) is 5.14. The molecule has 0 unspecified atom stereocenters. The maximum absolute atomic E-state index is 11.8. The zero-order valence-electron chi connectivity index (χ0n) is 28.8. The number of aryl methyl sites for hydroxylation is 4. The van der Waals surface area contributed by atoms with E-state index in [1.165, 1.54) is 33.5 Å². The topological polar surface area (TPSA) is 63.1 Å². The number of aliphatic hydroxyl groups excluding tert-OH is 1. The first-order valence-corrected chi connectivity index (χ1v) is 15.7. The summed E-state index contributed by atoms with van der Waals surface area (Å²) in [6.45, 7) is 24.6. The normalized spacial score (nSPS) is 12.2. The third-order valence-corrected chi connectivity index (χ3v) is 8.59. The fraction of sp³-hybridized carbons (Fsp3) is 0.462. The number of rotatable bonds is 8. The molecule has 4 nitrogen and oxygen atoms in total. The summed E-state index contributed by atoms with van der Waals surface area (Å²) in [4.78, 5) is 21.5. The van der Waals surface area contributed by atoms with Gasteiger partial charge < -0.3 is 5.11 Å². The van der Waals surface area contributed by atoms with Gasteiger partial charge in [-0.15, -0.1) is 34.9 Å². The number of carbonyl (C=O) groups excluding carboxylic acids is 1. The zero-order valence-corrected chi connectivity index (χ0v) is 31.2. The summed E-state index contributed by atoms with van der Waals surface area (Å²) >= 11 is 0. The van der Waals surface area contributed by atoms with Crippen LogP contribution in [0.25, 0.3) is 32.9 Å². The average molecular weight is 772 g/mol. The van der Waals surface area contributed by atoms with Gasteiger partial charge in [-0.25, -0.2) is 4.98 Å². The molecular weight excluding hydrogens is 721 g/mol. The van der Waals surface area contributed by atoms with E-state index >= 15 is 0 Å². The molecule has 3 aromatic carbocycles. The van der Waals surface area contributed by atoms with Crippen molar-refractivity contribution in [2.24, 2.45) is 16.7 Å². The third-order valence-electron chi connectivity index (χ3n) is 8.59. The van der Waals surface area contributed by atoms with E-state index in [1.54, 1.807) is 0 Å². The average Bonchev–Trinajstić information content (AvgIpc) is 2.91. The smallest absolute Gasteiger partial charge is 0.164 e. The fourth-order valence-electron chi connectivity index (χ4n) is 5.14. The zero-order chi connectivity index (χ0) is 32.3. The number of hydrogen-bond donors (Lipinski definition) is 1. The Morgan fingerprint density at radius 2 is 1.57 bits per heavy atom. The molecule has 1 aromatic heterocycles. The summed E-state index contributed by atoms with van der Waals surface area (Å²) < 4.78 is 0. The Morgan fingerprint density at radius 1 is 0.932 bits per heavy atom. The maximum atomic E-state index is 11.8. The Balaban J connectivity index is 0.000000363. The Morgan fingerprint density at radius 3 is 2.14 bits per heavy atom. The number of benzene rings is 3. The maximum Gasteiger partial charge on any atom is 0.164 e. The van der Waals surface area contributed by atoms with Gasteiger partial charge in [-0.1, -0.05) is 93.5 Å². The summed E-state index contributed by atoms with van der Waals surface area (Å²) in [6.07, 6.45) is 4.09. The first kappa shape index (κ1) is 37.3. The molecule has 4 rings (SSSR count). The van der Waals surface area contributed by atoms with E-state index in [0.717, 1.165) is 52.8 Å². The summed E-state index contributed by atoms with van der Waals surface area (Å²) in [6, 6.07) is 16.8. The van der Waals surface area contributed by atoms with Crippen LogP contribution in [0.1, 0.15) is 96.3 Å². The number of aromatic nitrogens is 2. The van der Waals surface area contributed by atoms with Crippen LogP contribution in [0.5, 0.6) is 0 Å². The van der Waals surface area contributed by atoms with E-state index in [9.17, 15) is 9.90 Å². The van der Waals surface area contributed by atoms with Gasteiger partial charge in [0.25, 0.3) is 0 Å². The van der Waals surface area contributed by atoms with Crippen molar-refractivity contribution in [3.05, 3.63) is 82.4 Å². The molecule has 5 heteroatoms. The van der Waals surface area contributed by atoms with Crippen LogP contribution in [-0.4, -0.2) is 20.9 Å². The van der Waals surface area contributed by atoms with Crippen molar-refractivity contribution >= 4 is 27.5 Å². The van der Waals surface area contributed by atoms with Crippen molar-refractivity contribution in [3.63, 3.8) is 0 Å². The standard InChI is InChI=1S/C26H27N2.C13H24O2.Ir/c1-15(2)9-20-13-18(5)24-21(14-20)7-8-23-25(27-19(6)28-26(23)24)22-11-16(3)10-17(4)12-22;1-7-12(3,4)10(14)9-11(15)13(5,6)8-2;/h7-8,10-11,13-15H,9H2,1-6H3;9,14H,7-8H2,1-6H3;/q-1;;/b;10-9-;. The second-order valence-electron chi connectivity index (χ2n) is 13.8. The first-order chi connectivity index (χ1) is 20.0. The molecule has 0 fully saturated rings. The molecule has 0 aliphatic rings. The van der Waals surface area contributed by atoms with Gasteiger partial charge in [0.1, 0.15) is 11.6 Å². The van der Waals surface area contributed by atoms with Crippen LogP contribution in [0.4, 0.5) is 0 Å². The number of fused-ring (bicyclic) bond motifs is 3. The van der Waals surface area contributed by atoms with E-state index in [-0.39, 0.29) is 42.5 Å². The molecule has 0 aliphatic carbocycles. The van der Waals surface area contributed by atoms with Crippen LogP contribution in [-0.2, 0) is 31.3 Å². The van der Waals surface area contributed by atoms with Gasteiger partial charge in [0.05, 0.1) is 5.52 Å². The minimum Gasteiger partial charge on any atom is -0.512 e. The summed E-state index contributed by atoms with van der Waals surface area (Å²) in [5, 5.41) is 13.4. The van der Waals surface area contributed by atoms with Gasteiger partial charge in [-0.2, -0.15) is 0 Å². The van der Waals surface area contributed by atoms with Crippen LogP contribution < -0.4 is 0 Å². The molecule has 4 aromatic rings. The van der Waals surface area contributed by atoms with E-state index in [1.807, 2.05) is 48.5 Å². The second-order valence-corrected chi connectivity index (χ2v) is 13.8. The summed E-state index contributed by atoms with van der Waals surface area (Å²) in [5.41, 5.74) is 7.42. The van der Waals surface area contributed by atoms with E-state index in [0.29, 0.717) is 5.92 Å². The molecule has 1 N–H and O–H groups in total. The van der Waals surface area contributed by atoms with Gasteiger partial charge in [0.15, 0.2) is 5.78 Å². The van der Waals surface area contributed by atoms with Crippen molar-refractivity contribution in [2.45, 2.75) is 102 Å². The van der Waals surface area contributed by atoms with Crippen LogP contribution in [0.15, 0.2) is 48.2 Å². The molecule has 0 saturated heterocycles. The van der Waals surface area contributed by atoms with Crippen LogP contribution in [0.2, 0.25) is 0 Å². The molecule has 0 bridgehead atoms. The van der Waals surface area contributed by atoms with Crippen LogP contribution in [0, 0.1) is 50.5 Å². The molecule has 0 spiro atoms. The van der Waals surface area contributed by atoms with E-state index in [4.69, 9.17) is 9.97 Å². The number of allylic oxidation sites excluding steroid dienone is 2. The molecular formula is C39H51IrN2O2-. The Hall–Kier alpha value is -2.88. The number of nitrogens with zero attached hydrogens (tertiary/aromatic N) is 2. The third kappa shape index (κ3) is 8.86. The molecule has 1 radical (unpaired) electrons. The summed E-state index contributed by atoms with van der Waals surface area (Å²) in [5.74, 6) is 1.64. The van der Waals surface area contributed by atoms with Crippen molar-refractivity contribution in [2.75, 3.05) is 0 Å². The van der Waals surface area contributed by atoms with Crippen LogP contribution in [0.3, 0.4) is 0 Å². The van der Waals surface area contributed by atoms with Crippen molar-refractivity contribution in [3.8, 4) is 11.3 Å². The molecule has 0 atom stereocenters. The van der Waals surface area contributed by atoms with Crippen molar-refractivity contribution in [1.82, 2.24) is 9.97 Å². The number of aliphatic hydroxyl groups is 1. The van der Waals surface area contributed by atoms with Crippen LogP contribution >= 0.6 is 0 Å². The number of ketones is 1. The van der Waals surface area contributed by atoms with Gasteiger partial charge >= 0.3 is 0 Å². The summed E-state index contributed by atoms with van der Waals surface area (Å²) in [7, 11) is 0. The Labute approximate surface area is 279 Å². The quantitative estimate of drug-likeness (QED) is 0.0839. The molecule has 1 heterocycles. The monoisotopic (exact) mass is 772 g/mol. The molecule has 0 aliphatic heterocycles. The molecule has 44 heavy (non-hydrogen) atoms. The molecule has 239 valence electrons. The Kier molecular flexibility index (Phi) is 12.7. The van der Waals surface area contributed by atoms with Gasteiger partial charge in [-0.05, 0) is 66.6 Å². The molecule has 0 saturated carbocycles. The van der Waals surface area contributed by atoms with Crippen molar-refractivity contribution < 1.29 is 30.0 Å². The van der Waals surface area contributed by atoms with E-state index < -0.39 is 0 Å². The van der Waals surface area contributed by atoms with Gasteiger partial charge in [0, 0.05) is 42.4 Å². The minimum absolute atomic E-state index is 0. The minimum atomic E-state index is -0.377. The predicted octanol–water partition coefficient (Wildman–Crippen LogP) is 10.5. The number of carbonyl (C=O) groups is 1. The van der Waals surface area contributed by atoms with E-state index in [2.05, 4.69) is 77.1 Å². The Bertz CT molecular complexity index is 1640. The second kappa shape index (κ2) is 14.9. The largest absolute Gasteiger partial charge is 0.512 e. The first-order valence-electron chi connectivity index (χ1n) is 15.7. The predicted molar refractivity (Wildman–Crippen MR) is 183 cm³/mol. The number of hydrogen-bond acceptors (Lipinski definition) is 4.